The van der Waals surface area contributed by atoms with E-state index in [9.17, 15) is 5.11 Å². The van der Waals surface area contributed by atoms with E-state index < -0.39 is 6.23 Å². The monoisotopic (exact) mass is 265 g/mol. The highest BCUT2D eigenvalue weighted by molar-refractivity contribution is 5.94. The van der Waals surface area contributed by atoms with Crippen LogP contribution in [0.5, 0.6) is 0 Å². The second-order valence-corrected chi connectivity index (χ2v) is 5.82. The van der Waals surface area contributed by atoms with Gasteiger partial charge in [-0.1, -0.05) is 56.9 Å². The van der Waals surface area contributed by atoms with Crippen molar-refractivity contribution in [3.05, 3.63) is 60.3 Å². The van der Waals surface area contributed by atoms with Gasteiger partial charge in [-0.3, -0.25) is 0 Å². The Morgan fingerprint density at radius 3 is 2.65 bits per heavy atom. The number of fused-ring (bicyclic) bond motifs is 3. The van der Waals surface area contributed by atoms with Gasteiger partial charge < -0.3 is 9.67 Å². The molecule has 1 aromatic heterocycles. The van der Waals surface area contributed by atoms with E-state index in [1.807, 2.05) is 22.8 Å². The number of allylic oxidation sites excluding steroid dienone is 2. The average molecular weight is 265 g/mol. The van der Waals surface area contributed by atoms with E-state index in [4.69, 9.17) is 0 Å². The van der Waals surface area contributed by atoms with Crippen molar-refractivity contribution in [1.82, 2.24) is 4.57 Å². The highest BCUT2D eigenvalue weighted by atomic mass is 16.3. The summed E-state index contributed by atoms with van der Waals surface area (Å²) in [7, 11) is 0. The van der Waals surface area contributed by atoms with E-state index >= 15 is 0 Å². The third-order valence-electron chi connectivity index (χ3n) is 3.81. The van der Waals surface area contributed by atoms with Gasteiger partial charge in [-0.15, -0.1) is 0 Å². The topological polar surface area (TPSA) is 25.2 Å². The van der Waals surface area contributed by atoms with Crippen molar-refractivity contribution in [3.8, 4) is 0 Å². The third kappa shape index (κ3) is 1.93. The predicted molar refractivity (Wildman–Crippen MR) is 85.2 cm³/mol. The van der Waals surface area contributed by atoms with Gasteiger partial charge in [0, 0.05) is 16.4 Å². The Kier molecular flexibility index (Phi) is 2.91. The molecule has 1 aromatic carbocycles. The maximum absolute atomic E-state index is 10.3. The van der Waals surface area contributed by atoms with Gasteiger partial charge in [-0.05, 0) is 18.2 Å². The molecule has 0 radical (unpaired) electrons. The van der Waals surface area contributed by atoms with Crippen LogP contribution in [0.15, 0.2) is 49.1 Å². The van der Waals surface area contributed by atoms with E-state index in [0.29, 0.717) is 0 Å². The fourth-order valence-electron chi connectivity index (χ4n) is 2.69. The number of benzene rings is 1. The first-order valence-electron chi connectivity index (χ1n) is 6.85. The summed E-state index contributed by atoms with van der Waals surface area (Å²) in [5.41, 5.74) is 3.23. The normalized spacial score (nSPS) is 17.8. The fourth-order valence-corrected chi connectivity index (χ4v) is 2.69. The number of nitrogens with zero attached hydrogens (tertiary/aromatic N) is 1. The lowest BCUT2D eigenvalue weighted by atomic mass is 9.93. The number of para-hydroxylation sites is 1. The molecule has 0 spiro atoms. The highest BCUT2D eigenvalue weighted by Crippen LogP contribution is 2.35. The quantitative estimate of drug-likeness (QED) is 0.801. The number of aliphatic hydroxyl groups excluding tert-OH is 1. The van der Waals surface area contributed by atoms with Crippen molar-refractivity contribution in [2.75, 3.05) is 0 Å². The molecule has 102 valence electrons. The van der Waals surface area contributed by atoms with Crippen molar-refractivity contribution in [1.29, 1.82) is 0 Å². The number of aromatic nitrogens is 1. The molecule has 1 atom stereocenters. The second-order valence-electron chi connectivity index (χ2n) is 5.82. The van der Waals surface area contributed by atoms with Crippen molar-refractivity contribution in [3.63, 3.8) is 0 Å². The fraction of sp³-hybridized carbons (Fsp3) is 0.222. The summed E-state index contributed by atoms with van der Waals surface area (Å²) in [6.45, 7) is 8.05. The summed E-state index contributed by atoms with van der Waals surface area (Å²) in [5.74, 6) is 0. The Hall–Kier alpha value is -2.06. The molecule has 0 saturated heterocycles. The molecule has 1 aliphatic carbocycles. The molecular weight excluding hydrogens is 246 g/mol. The molecule has 0 amide bonds. The van der Waals surface area contributed by atoms with E-state index in [1.165, 1.54) is 0 Å². The highest BCUT2D eigenvalue weighted by Gasteiger charge is 2.20. The van der Waals surface area contributed by atoms with Crippen molar-refractivity contribution in [2.45, 2.75) is 20.1 Å². The SMILES string of the molecule is C=CC(O)n1c2c(c3ccccc31)C=CC(C)(C)C=C2. The van der Waals surface area contributed by atoms with Gasteiger partial charge in [-0.25, -0.2) is 0 Å². The van der Waals surface area contributed by atoms with E-state index in [2.05, 4.69) is 50.8 Å². The van der Waals surface area contributed by atoms with Crippen LogP contribution in [-0.4, -0.2) is 9.67 Å². The number of rotatable bonds is 2. The lowest BCUT2D eigenvalue weighted by molar-refractivity contribution is 0.159. The molecular formula is C18H19NO. The van der Waals surface area contributed by atoms with Crippen LogP contribution in [-0.2, 0) is 0 Å². The molecule has 1 aliphatic rings. The third-order valence-corrected chi connectivity index (χ3v) is 3.81. The van der Waals surface area contributed by atoms with Crippen LogP contribution in [0.3, 0.4) is 0 Å². The molecule has 0 fully saturated rings. The van der Waals surface area contributed by atoms with Crippen LogP contribution in [0.25, 0.3) is 23.1 Å². The smallest absolute Gasteiger partial charge is 0.150 e. The molecule has 2 heteroatoms. The summed E-state index contributed by atoms with van der Waals surface area (Å²) >= 11 is 0. The number of aliphatic hydroxyl groups is 1. The van der Waals surface area contributed by atoms with Crippen molar-refractivity contribution >= 4 is 23.1 Å². The Labute approximate surface area is 119 Å². The maximum atomic E-state index is 10.3. The first-order chi connectivity index (χ1) is 9.53. The molecule has 0 bridgehead atoms. The molecule has 20 heavy (non-hydrogen) atoms. The van der Waals surface area contributed by atoms with Gasteiger partial charge in [0.1, 0.15) is 6.23 Å². The van der Waals surface area contributed by atoms with Crippen LogP contribution < -0.4 is 0 Å². The van der Waals surface area contributed by atoms with Gasteiger partial charge in [-0.2, -0.15) is 0 Å². The van der Waals surface area contributed by atoms with E-state index in [0.717, 1.165) is 22.2 Å². The maximum Gasteiger partial charge on any atom is 0.150 e. The first-order valence-corrected chi connectivity index (χ1v) is 6.85. The summed E-state index contributed by atoms with van der Waals surface area (Å²) < 4.78 is 1.93. The van der Waals surface area contributed by atoms with E-state index in [1.54, 1.807) is 6.08 Å². The van der Waals surface area contributed by atoms with Gasteiger partial charge in [0.25, 0.3) is 0 Å². The van der Waals surface area contributed by atoms with Crippen LogP contribution in [0.2, 0.25) is 0 Å². The Morgan fingerprint density at radius 2 is 1.90 bits per heavy atom. The number of hydrogen-bond donors (Lipinski definition) is 1. The van der Waals surface area contributed by atoms with Gasteiger partial charge >= 0.3 is 0 Å². The van der Waals surface area contributed by atoms with Crippen LogP contribution in [0.1, 0.15) is 31.3 Å². The Morgan fingerprint density at radius 1 is 1.20 bits per heavy atom. The summed E-state index contributed by atoms with van der Waals surface area (Å²) in [5, 5.41) is 11.4. The lowest BCUT2D eigenvalue weighted by Crippen LogP contribution is -2.07. The molecule has 0 aliphatic heterocycles. The summed E-state index contributed by atoms with van der Waals surface area (Å²) in [6.07, 6.45) is 9.46. The minimum atomic E-state index is -0.720. The molecule has 2 nitrogen and oxygen atoms in total. The standard InChI is InChI=1S/C18H19NO/c1-4-17(20)19-15-8-6-5-7-13(15)14-9-11-18(2,3)12-10-16(14)19/h4-12,17,20H,1H2,2-3H3. The van der Waals surface area contributed by atoms with Gasteiger partial charge in [0.15, 0.2) is 0 Å². The van der Waals surface area contributed by atoms with Crippen molar-refractivity contribution < 1.29 is 5.11 Å². The zero-order valence-corrected chi connectivity index (χ0v) is 11.9. The average Bonchev–Trinajstić information content (AvgIpc) is 2.67. The molecule has 0 saturated carbocycles. The zero-order chi connectivity index (χ0) is 14.3. The Balaban J connectivity index is 2.38. The minimum Gasteiger partial charge on any atom is -0.370 e. The lowest BCUT2D eigenvalue weighted by Gasteiger charge is -2.14. The predicted octanol–water partition coefficient (Wildman–Crippen LogP) is 4.38. The van der Waals surface area contributed by atoms with Crippen LogP contribution >= 0.6 is 0 Å². The number of hydrogen-bond acceptors (Lipinski definition) is 1. The van der Waals surface area contributed by atoms with Crippen LogP contribution in [0, 0.1) is 5.41 Å². The minimum absolute atomic E-state index is 0.0179. The van der Waals surface area contributed by atoms with Gasteiger partial charge in [0.05, 0.1) is 11.2 Å². The molecule has 1 unspecified atom stereocenters. The molecule has 2 aromatic rings. The van der Waals surface area contributed by atoms with E-state index in [-0.39, 0.29) is 5.41 Å². The van der Waals surface area contributed by atoms with Crippen LogP contribution in [0.4, 0.5) is 0 Å². The molecule has 1 N–H and O–H groups in total. The summed E-state index contributed by atoms with van der Waals surface area (Å²) in [4.78, 5) is 0. The van der Waals surface area contributed by atoms with Gasteiger partial charge in [0.2, 0.25) is 0 Å². The summed E-state index contributed by atoms with van der Waals surface area (Å²) in [6, 6.07) is 8.15. The zero-order valence-electron chi connectivity index (χ0n) is 11.9. The largest absolute Gasteiger partial charge is 0.370 e. The Bertz CT molecular complexity index is 731. The first kappa shape index (κ1) is 12.9. The van der Waals surface area contributed by atoms with Crippen molar-refractivity contribution in [2.24, 2.45) is 5.41 Å². The molecule has 1 heterocycles. The second kappa shape index (κ2) is 4.50. The molecule has 3 rings (SSSR count).